The molecule has 2 aromatic rings. The molecule has 3 N–H and O–H groups in total. The van der Waals surface area contributed by atoms with Gasteiger partial charge in [0.1, 0.15) is 0 Å². The van der Waals surface area contributed by atoms with Crippen LogP contribution >= 0.6 is 11.8 Å². The summed E-state index contributed by atoms with van der Waals surface area (Å²) >= 11 is 1.56. The molecule has 0 saturated heterocycles. The number of nitrogens with two attached hydrogens (primary N) is 1. The van der Waals surface area contributed by atoms with Crippen LogP contribution in [0.5, 0.6) is 0 Å². The topological polar surface area (TPSA) is 68.0 Å². The van der Waals surface area contributed by atoms with Gasteiger partial charge in [-0.25, -0.2) is 4.98 Å². The van der Waals surface area contributed by atoms with Crippen molar-refractivity contribution in [2.45, 2.75) is 11.4 Å². The van der Waals surface area contributed by atoms with Gasteiger partial charge in [0.05, 0.1) is 16.4 Å². The maximum Gasteiger partial charge on any atom is 0.225 e. The second-order valence-electron chi connectivity index (χ2n) is 3.90. The monoisotopic (exact) mass is 273 g/mol. The molecule has 0 aliphatic rings. The fourth-order valence-corrected chi connectivity index (χ4v) is 2.31. The summed E-state index contributed by atoms with van der Waals surface area (Å²) in [4.78, 5) is 15.9. The average molecular weight is 273 g/mol. The van der Waals surface area contributed by atoms with E-state index in [1.807, 2.05) is 30.3 Å². The first kappa shape index (κ1) is 13.4. The predicted octanol–water partition coefficient (Wildman–Crippen LogP) is 2.78. The Morgan fingerprint density at radius 1 is 1.21 bits per heavy atom. The Hall–Kier alpha value is -2.01. The number of rotatable bonds is 5. The van der Waals surface area contributed by atoms with E-state index in [4.69, 9.17) is 5.73 Å². The van der Waals surface area contributed by atoms with Gasteiger partial charge in [0.15, 0.2) is 0 Å². The number of nitrogens with one attached hydrogen (secondary N) is 1. The second-order valence-corrected chi connectivity index (χ2v) is 5.02. The van der Waals surface area contributed by atoms with Crippen molar-refractivity contribution in [3.63, 3.8) is 0 Å². The standard InChI is InChI=1S/C14H15N3OS/c15-11-5-1-2-6-12(11)17-13(18)8-10-19-14-7-3-4-9-16-14/h1-7,9H,8,10,15H2,(H,17,18). The van der Waals surface area contributed by atoms with Gasteiger partial charge in [-0.15, -0.1) is 11.8 Å². The van der Waals surface area contributed by atoms with Crippen molar-refractivity contribution in [3.05, 3.63) is 48.7 Å². The van der Waals surface area contributed by atoms with Crippen LogP contribution in [0, 0.1) is 0 Å². The lowest BCUT2D eigenvalue weighted by molar-refractivity contribution is -0.115. The molecule has 0 aliphatic heterocycles. The number of benzene rings is 1. The lowest BCUT2D eigenvalue weighted by Crippen LogP contribution is -2.13. The Labute approximate surface area is 116 Å². The van der Waals surface area contributed by atoms with Crippen LogP contribution in [0.25, 0.3) is 0 Å². The molecule has 1 heterocycles. The number of nitrogens with zero attached hydrogens (tertiary/aromatic N) is 1. The number of hydrogen-bond acceptors (Lipinski definition) is 4. The van der Waals surface area contributed by atoms with Crippen molar-refractivity contribution < 1.29 is 4.79 Å². The smallest absolute Gasteiger partial charge is 0.225 e. The number of carbonyl (C=O) groups excluding carboxylic acids is 1. The van der Waals surface area contributed by atoms with E-state index in [1.54, 1.807) is 30.1 Å². The molecular formula is C14H15N3OS. The van der Waals surface area contributed by atoms with E-state index in [0.717, 1.165) is 5.03 Å². The molecule has 98 valence electrons. The molecule has 19 heavy (non-hydrogen) atoms. The molecule has 0 aliphatic carbocycles. The zero-order valence-corrected chi connectivity index (χ0v) is 11.2. The largest absolute Gasteiger partial charge is 0.397 e. The number of nitrogen functional groups attached to an aromatic ring is 1. The average Bonchev–Trinajstić information content (AvgIpc) is 2.43. The highest BCUT2D eigenvalue weighted by atomic mass is 32.2. The van der Waals surface area contributed by atoms with E-state index >= 15 is 0 Å². The van der Waals surface area contributed by atoms with E-state index in [1.165, 1.54) is 0 Å². The summed E-state index contributed by atoms with van der Waals surface area (Å²) in [6.07, 6.45) is 2.17. The summed E-state index contributed by atoms with van der Waals surface area (Å²) in [7, 11) is 0. The van der Waals surface area contributed by atoms with E-state index < -0.39 is 0 Å². The molecule has 0 spiro atoms. The molecule has 1 amide bonds. The Kier molecular flexibility index (Phi) is 4.80. The number of aromatic nitrogens is 1. The summed E-state index contributed by atoms with van der Waals surface area (Å²) in [6, 6.07) is 13.0. The van der Waals surface area contributed by atoms with Gasteiger partial charge >= 0.3 is 0 Å². The van der Waals surface area contributed by atoms with Crippen LogP contribution in [0.15, 0.2) is 53.7 Å². The zero-order chi connectivity index (χ0) is 13.5. The van der Waals surface area contributed by atoms with Crippen LogP contribution in [-0.4, -0.2) is 16.6 Å². The third-order valence-electron chi connectivity index (χ3n) is 2.45. The zero-order valence-electron chi connectivity index (χ0n) is 10.4. The van der Waals surface area contributed by atoms with Crippen molar-refractivity contribution in [2.75, 3.05) is 16.8 Å². The highest BCUT2D eigenvalue weighted by molar-refractivity contribution is 7.99. The minimum atomic E-state index is -0.0404. The predicted molar refractivity (Wildman–Crippen MR) is 79.1 cm³/mol. The lowest BCUT2D eigenvalue weighted by Gasteiger charge is -2.07. The van der Waals surface area contributed by atoms with E-state index in [-0.39, 0.29) is 5.91 Å². The molecule has 0 radical (unpaired) electrons. The molecule has 0 atom stereocenters. The summed E-state index contributed by atoms with van der Waals surface area (Å²) < 4.78 is 0. The summed E-state index contributed by atoms with van der Waals surface area (Å²) in [5.41, 5.74) is 7.00. The quantitative estimate of drug-likeness (QED) is 0.649. The van der Waals surface area contributed by atoms with Gasteiger partial charge < -0.3 is 11.1 Å². The number of para-hydroxylation sites is 2. The van der Waals surface area contributed by atoms with Crippen LogP contribution in [0.1, 0.15) is 6.42 Å². The molecule has 0 saturated carbocycles. The number of thioether (sulfide) groups is 1. The first-order valence-electron chi connectivity index (χ1n) is 5.94. The van der Waals surface area contributed by atoms with Crippen molar-refractivity contribution >= 4 is 29.0 Å². The van der Waals surface area contributed by atoms with Crippen molar-refractivity contribution in [2.24, 2.45) is 0 Å². The third-order valence-corrected chi connectivity index (χ3v) is 3.40. The Bertz CT molecular complexity index is 545. The number of pyridine rings is 1. The van der Waals surface area contributed by atoms with Crippen molar-refractivity contribution in [1.82, 2.24) is 4.98 Å². The summed E-state index contributed by atoms with van der Waals surface area (Å²) in [5, 5.41) is 3.72. The van der Waals surface area contributed by atoms with Gasteiger partial charge in [0.2, 0.25) is 5.91 Å². The van der Waals surface area contributed by atoms with Gasteiger partial charge in [0, 0.05) is 18.4 Å². The fourth-order valence-electron chi connectivity index (χ4n) is 1.50. The van der Waals surface area contributed by atoms with Crippen LogP contribution < -0.4 is 11.1 Å². The third kappa shape index (κ3) is 4.30. The Morgan fingerprint density at radius 2 is 2.00 bits per heavy atom. The summed E-state index contributed by atoms with van der Waals surface area (Å²) in [6.45, 7) is 0. The van der Waals surface area contributed by atoms with Crippen LogP contribution in [0.2, 0.25) is 0 Å². The normalized spacial score (nSPS) is 10.1. The second kappa shape index (κ2) is 6.80. The SMILES string of the molecule is Nc1ccccc1NC(=O)CCSc1ccccn1. The molecule has 0 bridgehead atoms. The molecule has 1 aromatic heterocycles. The van der Waals surface area contributed by atoms with Crippen molar-refractivity contribution in [3.8, 4) is 0 Å². The van der Waals surface area contributed by atoms with Gasteiger partial charge in [-0.1, -0.05) is 18.2 Å². The fraction of sp³-hybridized carbons (Fsp3) is 0.143. The lowest BCUT2D eigenvalue weighted by atomic mass is 10.2. The van der Waals surface area contributed by atoms with Crippen LogP contribution in [-0.2, 0) is 4.79 Å². The molecule has 5 heteroatoms. The van der Waals surface area contributed by atoms with E-state index in [9.17, 15) is 4.79 Å². The molecular weight excluding hydrogens is 258 g/mol. The minimum absolute atomic E-state index is 0.0404. The molecule has 2 rings (SSSR count). The molecule has 0 fully saturated rings. The first-order chi connectivity index (χ1) is 9.25. The number of carbonyl (C=O) groups is 1. The number of amides is 1. The minimum Gasteiger partial charge on any atom is -0.397 e. The van der Waals surface area contributed by atoms with E-state index in [0.29, 0.717) is 23.5 Å². The van der Waals surface area contributed by atoms with Crippen LogP contribution in [0.3, 0.4) is 0 Å². The highest BCUT2D eigenvalue weighted by Gasteiger charge is 2.05. The first-order valence-corrected chi connectivity index (χ1v) is 6.92. The molecule has 1 aromatic carbocycles. The maximum absolute atomic E-state index is 11.8. The van der Waals surface area contributed by atoms with Gasteiger partial charge in [-0.05, 0) is 24.3 Å². The van der Waals surface area contributed by atoms with Gasteiger partial charge in [0.25, 0.3) is 0 Å². The highest BCUT2D eigenvalue weighted by Crippen LogP contribution is 2.18. The van der Waals surface area contributed by atoms with E-state index in [2.05, 4.69) is 10.3 Å². The maximum atomic E-state index is 11.8. The molecule has 0 unspecified atom stereocenters. The van der Waals surface area contributed by atoms with Gasteiger partial charge in [-0.3, -0.25) is 4.79 Å². The number of anilines is 2. The Balaban J connectivity index is 1.78. The van der Waals surface area contributed by atoms with Gasteiger partial charge in [-0.2, -0.15) is 0 Å². The number of hydrogen-bond donors (Lipinski definition) is 2. The summed E-state index contributed by atoms with van der Waals surface area (Å²) in [5.74, 6) is 0.650. The Morgan fingerprint density at radius 3 is 2.74 bits per heavy atom. The molecule has 4 nitrogen and oxygen atoms in total. The van der Waals surface area contributed by atoms with Crippen LogP contribution in [0.4, 0.5) is 11.4 Å². The van der Waals surface area contributed by atoms with Crippen molar-refractivity contribution in [1.29, 1.82) is 0 Å².